The van der Waals surface area contributed by atoms with Crippen LogP contribution in [0.3, 0.4) is 0 Å². The van der Waals surface area contributed by atoms with Crippen LogP contribution in [0.15, 0.2) is 72.9 Å². The number of aliphatic hydroxyl groups is 3. The van der Waals surface area contributed by atoms with Crippen LogP contribution < -0.4 is 0 Å². The summed E-state index contributed by atoms with van der Waals surface area (Å²) in [6.45, 7) is 3.46. The second-order valence-electron chi connectivity index (χ2n) is 14.3. The van der Waals surface area contributed by atoms with Crippen molar-refractivity contribution in [2.45, 2.75) is 173 Å². The average molecular weight is 825 g/mol. The van der Waals surface area contributed by atoms with Crippen molar-refractivity contribution in [1.82, 2.24) is 0 Å². The summed E-state index contributed by atoms with van der Waals surface area (Å²) in [5, 5.41) is 30.8. The first-order valence-corrected chi connectivity index (χ1v) is 22.6. The molecule has 0 aliphatic carbocycles. The van der Waals surface area contributed by atoms with Gasteiger partial charge in [-0.15, -0.1) is 0 Å². The normalized spacial score (nSPS) is 21.3. The Morgan fingerprint density at radius 2 is 1.14 bits per heavy atom. The van der Waals surface area contributed by atoms with Crippen molar-refractivity contribution in [3.63, 3.8) is 0 Å². The number of unbranched alkanes of at least 4 members (excludes halogenated alkanes) is 11. The monoisotopic (exact) mass is 824 g/mol. The summed E-state index contributed by atoms with van der Waals surface area (Å²) in [6, 6.07) is 0. The highest BCUT2D eigenvalue weighted by molar-refractivity contribution is 7.85. The Morgan fingerprint density at radius 1 is 0.614 bits per heavy atom. The van der Waals surface area contributed by atoms with Gasteiger partial charge in [-0.3, -0.25) is 14.1 Å². The first-order valence-electron chi connectivity index (χ1n) is 21.0. The molecule has 0 aromatic heterocycles. The summed E-state index contributed by atoms with van der Waals surface area (Å²) < 4.78 is 53.9. The Morgan fingerprint density at radius 3 is 1.75 bits per heavy atom. The van der Waals surface area contributed by atoms with Gasteiger partial charge in [-0.05, 0) is 64.2 Å². The molecule has 13 heteroatoms. The van der Waals surface area contributed by atoms with Gasteiger partial charge in [0.15, 0.2) is 12.4 Å². The van der Waals surface area contributed by atoms with Gasteiger partial charge in [0.05, 0.1) is 6.61 Å². The van der Waals surface area contributed by atoms with Crippen LogP contribution in [-0.4, -0.2) is 96.0 Å². The van der Waals surface area contributed by atoms with Crippen LogP contribution >= 0.6 is 0 Å². The molecule has 1 rings (SSSR count). The van der Waals surface area contributed by atoms with Gasteiger partial charge in [0, 0.05) is 12.8 Å². The molecule has 0 spiro atoms. The molecule has 1 saturated heterocycles. The molecule has 1 fully saturated rings. The standard InChI is InChI=1S/C44H72O12S/c1-3-5-7-9-11-13-15-17-18-19-21-22-24-26-28-30-32-39(45)53-34-37(35-54-44-43(49)42(48)41(47)38(56-44)36-57(50,51)52)55-40(46)33-31-29-27-25-23-20-16-14-12-10-8-6-4-2/h5-8,10-14,16-18,37-38,41-44,47-49H,3-4,9,15,19-36H2,1-2H3,(H,50,51,52)/b7-5+,8-6+,12-10+,13-11+,16-14+,18-17+/t37?,38-,41-,42?,43?,44+/m1/s1. The first-order chi connectivity index (χ1) is 27.5. The number of hydrogen-bond acceptors (Lipinski definition) is 11. The minimum absolute atomic E-state index is 0.134. The minimum Gasteiger partial charge on any atom is -0.462 e. The number of ether oxygens (including phenoxy) is 4. The van der Waals surface area contributed by atoms with E-state index in [0.29, 0.717) is 12.8 Å². The van der Waals surface area contributed by atoms with E-state index in [-0.39, 0.29) is 19.4 Å². The van der Waals surface area contributed by atoms with E-state index in [4.69, 9.17) is 18.9 Å². The number of carbonyl (C=O) groups excluding carboxylic acids is 2. The Labute approximate surface area is 342 Å². The lowest BCUT2D eigenvalue weighted by Crippen LogP contribution is -2.60. The summed E-state index contributed by atoms with van der Waals surface area (Å²) in [5.74, 6) is -2.04. The zero-order valence-corrected chi connectivity index (χ0v) is 35.2. The van der Waals surface area contributed by atoms with Crippen LogP contribution in [0.25, 0.3) is 0 Å². The molecule has 0 saturated carbocycles. The quantitative estimate of drug-likeness (QED) is 0.0165. The van der Waals surface area contributed by atoms with Crippen molar-refractivity contribution < 1.29 is 56.8 Å². The predicted molar refractivity (Wildman–Crippen MR) is 224 cm³/mol. The van der Waals surface area contributed by atoms with Gasteiger partial charge in [0.2, 0.25) is 0 Å². The molecule has 1 aliphatic heterocycles. The predicted octanol–water partition coefficient (Wildman–Crippen LogP) is 7.94. The SMILES string of the molecule is CC/C=C/C=C/C=C/CCCCCCCC(=O)OC(COC(=O)CCCCCCCC/C=C/C/C=C/C/C=C/CC)CO[C@H]1O[C@H](CS(=O)(=O)O)[C@@H](O)C(O)C1O. The lowest BCUT2D eigenvalue weighted by molar-refractivity contribution is -0.297. The molecule has 0 radical (unpaired) electrons. The third-order valence-electron chi connectivity index (χ3n) is 9.09. The molecule has 3 unspecified atom stereocenters. The fourth-order valence-electron chi connectivity index (χ4n) is 5.87. The van der Waals surface area contributed by atoms with Gasteiger partial charge in [-0.25, -0.2) is 0 Å². The summed E-state index contributed by atoms with van der Waals surface area (Å²) >= 11 is 0. The van der Waals surface area contributed by atoms with E-state index >= 15 is 0 Å². The Balaban J connectivity index is 2.50. The third kappa shape index (κ3) is 29.0. The van der Waals surface area contributed by atoms with Crippen LogP contribution in [0.5, 0.6) is 0 Å². The molecular formula is C44H72O12S. The lowest BCUT2D eigenvalue weighted by atomic mass is 10.00. The van der Waals surface area contributed by atoms with Crippen LogP contribution in [0, 0.1) is 0 Å². The van der Waals surface area contributed by atoms with Crippen molar-refractivity contribution in [2.75, 3.05) is 19.0 Å². The van der Waals surface area contributed by atoms with Gasteiger partial charge in [0.25, 0.3) is 10.1 Å². The summed E-state index contributed by atoms with van der Waals surface area (Å²) in [5.41, 5.74) is 0. The minimum atomic E-state index is -4.61. The van der Waals surface area contributed by atoms with E-state index in [2.05, 4.69) is 62.5 Å². The number of aliphatic hydroxyl groups excluding tert-OH is 3. The maximum absolute atomic E-state index is 12.8. The lowest BCUT2D eigenvalue weighted by Gasteiger charge is -2.40. The summed E-state index contributed by atoms with van der Waals surface area (Å²) in [6.07, 6.45) is 32.4. The number of carbonyl (C=O) groups is 2. The van der Waals surface area contributed by atoms with Gasteiger partial charge in [-0.1, -0.05) is 132 Å². The molecule has 326 valence electrons. The van der Waals surface area contributed by atoms with Crippen LogP contribution in [0.2, 0.25) is 0 Å². The van der Waals surface area contributed by atoms with Crippen molar-refractivity contribution in [3.8, 4) is 0 Å². The van der Waals surface area contributed by atoms with Gasteiger partial charge in [-0.2, -0.15) is 8.42 Å². The number of rotatable bonds is 33. The summed E-state index contributed by atoms with van der Waals surface area (Å²) in [4.78, 5) is 25.3. The average Bonchev–Trinajstić information content (AvgIpc) is 3.17. The highest BCUT2D eigenvalue weighted by atomic mass is 32.2. The second kappa shape index (κ2) is 34.0. The van der Waals surface area contributed by atoms with Gasteiger partial charge >= 0.3 is 11.9 Å². The molecule has 4 N–H and O–H groups in total. The molecule has 0 aromatic carbocycles. The van der Waals surface area contributed by atoms with E-state index < -0.39 is 71.2 Å². The molecule has 0 bridgehead atoms. The number of allylic oxidation sites excluding steroid dienone is 12. The van der Waals surface area contributed by atoms with Crippen LogP contribution in [0.4, 0.5) is 0 Å². The topological polar surface area (TPSA) is 186 Å². The third-order valence-corrected chi connectivity index (χ3v) is 9.84. The highest BCUT2D eigenvalue weighted by Gasteiger charge is 2.46. The molecule has 12 nitrogen and oxygen atoms in total. The van der Waals surface area contributed by atoms with Crippen molar-refractivity contribution in [3.05, 3.63) is 72.9 Å². The Hall–Kier alpha value is -2.91. The zero-order chi connectivity index (χ0) is 42.0. The van der Waals surface area contributed by atoms with Crippen LogP contribution in [0.1, 0.15) is 136 Å². The fourth-order valence-corrected chi connectivity index (χ4v) is 6.56. The maximum atomic E-state index is 12.8. The second-order valence-corrected chi connectivity index (χ2v) is 15.8. The number of hydrogen-bond donors (Lipinski definition) is 4. The largest absolute Gasteiger partial charge is 0.462 e. The number of esters is 2. The maximum Gasteiger partial charge on any atom is 0.306 e. The van der Waals surface area contributed by atoms with E-state index in [1.807, 2.05) is 24.3 Å². The van der Waals surface area contributed by atoms with E-state index in [0.717, 1.165) is 96.3 Å². The van der Waals surface area contributed by atoms with E-state index in [9.17, 15) is 37.9 Å². The Bertz CT molecular complexity index is 1340. The molecule has 57 heavy (non-hydrogen) atoms. The molecule has 0 amide bonds. The van der Waals surface area contributed by atoms with E-state index in [1.165, 1.54) is 0 Å². The van der Waals surface area contributed by atoms with E-state index in [1.54, 1.807) is 0 Å². The fraction of sp³-hybridized carbons (Fsp3) is 0.682. The molecular weight excluding hydrogens is 753 g/mol. The zero-order valence-electron chi connectivity index (χ0n) is 34.4. The van der Waals surface area contributed by atoms with Crippen molar-refractivity contribution in [1.29, 1.82) is 0 Å². The smallest absolute Gasteiger partial charge is 0.306 e. The van der Waals surface area contributed by atoms with Gasteiger partial charge < -0.3 is 34.3 Å². The van der Waals surface area contributed by atoms with Gasteiger partial charge in [0.1, 0.15) is 36.8 Å². The summed E-state index contributed by atoms with van der Waals surface area (Å²) in [7, 11) is -4.61. The Kier molecular flexibility index (Phi) is 31.1. The van der Waals surface area contributed by atoms with Crippen molar-refractivity contribution in [2.24, 2.45) is 0 Å². The highest BCUT2D eigenvalue weighted by Crippen LogP contribution is 2.24. The molecule has 6 atom stereocenters. The first kappa shape index (κ1) is 52.1. The van der Waals surface area contributed by atoms with Crippen molar-refractivity contribution >= 4 is 22.1 Å². The molecule has 0 aromatic rings. The molecule has 1 heterocycles. The molecule has 1 aliphatic rings. The van der Waals surface area contributed by atoms with Crippen LogP contribution in [-0.2, 0) is 38.7 Å².